The van der Waals surface area contributed by atoms with E-state index in [0.29, 0.717) is 19.4 Å². The van der Waals surface area contributed by atoms with Crippen LogP contribution in [0, 0.1) is 0 Å². The molecule has 1 amide bonds. The summed E-state index contributed by atoms with van der Waals surface area (Å²) in [6.45, 7) is 0.398. The number of carbonyl (C=O) groups is 1. The number of pyridine rings is 1. The van der Waals surface area contributed by atoms with Crippen LogP contribution in [0.1, 0.15) is 31.2 Å². The normalized spacial score (nSPS) is 17.2. The fourth-order valence-corrected chi connectivity index (χ4v) is 2.84. The van der Waals surface area contributed by atoms with Crippen molar-refractivity contribution in [2.75, 3.05) is 0 Å². The Morgan fingerprint density at radius 1 is 1.25 bits per heavy atom. The predicted octanol–water partition coefficient (Wildman–Crippen LogP) is 2.16. The van der Waals surface area contributed by atoms with Gasteiger partial charge in [-0.25, -0.2) is 0 Å². The zero-order valence-electron chi connectivity index (χ0n) is 11.3. The van der Waals surface area contributed by atoms with E-state index in [4.69, 9.17) is 0 Å². The monoisotopic (exact) mass is 270 g/mol. The summed E-state index contributed by atoms with van der Waals surface area (Å²) in [6, 6.07) is 9.80. The third kappa shape index (κ3) is 2.39. The fraction of sp³-hybridized carbons (Fsp3) is 0.375. The largest absolute Gasteiger partial charge is 0.380 e. The molecule has 1 heterocycles. The van der Waals surface area contributed by atoms with Gasteiger partial charge >= 0.3 is 0 Å². The Morgan fingerprint density at radius 2 is 2.00 bits per heavy atom. The molecule has 4 heteroatoms. The lowest BCUT2D eigenvalue weighted by molar-refractivity contribution is -0.139. The van der Waals surface area contributed by atoms with E-state index < -0.39 is 5.60 Å². The van der Waals surface area contributed by atoms with E-state index in [-0.39, 0.29) is 5.91 Å². The first kappa shape index (κ1) is 13.1. The molecule has 0 atom stereocenters. The lowest BCUT2D eigenvalue weighted by Gasteiger charge is -2.21. The maximum atomic E-state index is 12.1. The second-order valence-electron chi connectivity index (χ2n) is 5.41. The maximum Gasteiger partial charge on any atom is 0.252 e. The number of amides is 1. The van der Waals surface area contributed by atoms with E-state index in [2.05, 4.69) is 10.3 Å². The van der Waals surface area contributed by atoms with E-state index in [1.807, 2.05) is 30.3 Å². The number of carbonyl (C=O) groups excluding carboxylic acids is 1. The molecule has 0 spiro atoms. The van der Waals surface area contributed by atoms with Crippen LogP contribution in [0.4, 0.5) is 0 Å². The first-order chi connectivity index (χ1) is 9.69. The Morgan fingerprint density at radius 3 is 2.80 bits per heavy atom. The van der Waals surface area contributed by atoms with Gasteiger partial charge in [-0.3, -0.25) is 9.78 Å². The number of hydrogen-bond acceptors (Lipinski definition) is 3. The van der Waals surface area contributed by atoms with E-state index >= 15 is 0 Å². The number of para-hydroxylation sites is 1. The second kappa shape index (κ2) is 5.21. The molecule has 1 aromatic heterocycles. The molecular weight excluding hydrogens is 252 g/mol. The molecule has 0 bridgehead atoms. The van der Waals surface area contributed by atoms with Gasteiger partial charge in [-0.2, -0.15) is 0 Å². The van der Waals surface area contributed by atoms with Gasteiger partial charge in [0.1, 0.15) is 5.60 Å². The molecule has 0 unspecified atom stereocenters. The van der Waals surface area contributed by atoms with Gasteiger partial charge in [0.25, 0.3) is 5.91 Å². The van der Waals surface area contributed by atoms with Crippen molar-refractivity contribution in [3.63, 3.8) is 0 Å². The Bertz CT molecular complexity index is 628. The lowest BCUT2D eigenvalue weighted by Crippen LogP contribution is -2.44. The van der Waals surface area contributed by atoms with Crippen LogP contribution in [0.5, 0.6) is 0 Å². The first-order valence-corrected chi connectivity index (χ1v) is 7.02. The maximum absolute atomic E-state index is 12.1. The number of aliphatic hydroxyl groups is 1. The molecule has 4 nitrogen and oxygen atoms in total. The van der Waals surface area contributed by atoms with E-state index in [1.165, 1.54) is 0 Å². The topological polar surface area (TPSA) is 62.2 Å². The van der Waals surface area contributed by atoms with E-state index in [0.717, 1.165) is 29.3 Å². The Hall–Kier alpha value is -1.94. The number of rotatable bonds is 3. The minimum absolute atomic E-state index is 0.261. The van der Waals surface area contributed by atoms with Gasteiger partial charge in [0.05, 0.1) is 5.52 Å². The Kier molecular flexibility index (Phi) is 3.40. The minimum Gasteiger partial charge on any atom is -0.380 e. The number of benzene rings is 1. The molecule has 104 valence electrons. The highest BCUT2D eigenvalue weighted by atomic mass is 16.3. The molecule has 20 heavy (non-hydrogen) atoms. The highest BCUT2D eigenvalue weighted by molar-refractivity contribution is 5.86. The molecule has 0 saturated heterocycles. The summed E-state index contributed by atoms with van der Waals surface area (Å²) < 4.78 is 0. The highest BCUT2D eigenvalue weighted by Crippen LogP contribution is 2.29. The summed E-state index contributed by atoms with van der Waals surface area (Å²) >= 11 is 0. The second-order valence-corrected chi connectivity index (χ2v) is 5.41. The van der Waals surface area contributed by atoms with Gasteiger partial charge in [-0.05, 0) is 37.3 Å². The van der Waals surface area contributed by atoms with Crippen molar-refractivity contribution in [2.24, 2.45) is 0 Å². The zero-order chi connectivity index (χ0) is 14.0. The van der Waals surface area contributed by atoms with Crippen molar-refractivity contribution < 1.29 is 9.90 Å². The van der Waals surface area contributed by atoms with Crippen molar-refractivity contribution in [3.05, 3.63) is 42.1 Å². The van der Waals surface area contributed by atoms with Crippen molar-refractivity contribution in [3.8, 4) is 0 Å². The smallest absolute Gasteiger partial charge is 0.252 e. The summed E-state index contributed by atoms with van der Waals surface area (Å²) in [7, 11) is 0. The van der Waals surface area contributed by atoms with Gasteiger partial charge in [0.15, 0.2) is 0 Å². The number of aromatic nitrogens is 1. The van der Waals surface area contributed by atoms with Crippen LogP contribution >= 0.6 is 0 Å². The van der Waals surface area contributed by atoms with Crippen molar-refractivity contribution in [2.45, 2.75) is 37.8 Å². The van der Waals surface area contributed by atoms with E-state index in [1.54, 1.807) is 6.20 Å². The van der Waals surface area contributed by atoms with Crippen LogP contribution < -0.4 is 5.32 Å². The third-order valence-corrected chi connectivity index (χ3v) is 4.01. The summed E-state index contributed by atoms with van der Waals surface area (Å²) in [6.07, 6.45) is 4.71. The molecule has 1 saturated carbocycles. The SMILES string of the molecule is O=C(NCc1cccc2cccnc12)C1(O)CCCC1. The number of nitrogens with one attached hydrogen (secondary N) is 1. The molecule has 1 fully saturated rings. The molecular formula is C16H18N2O2. The average Bonchev–Trinajstić information content (AvgIpc) is 2.93. The lowest BCUT2D eigenvalue weighted by atomic mass is 10.0. The molecule has 1 aromatic carbocycles. The van der Waals surface area contributed by atoms with Gasteiger partial charge in [0, 0.05) is 18.1 Å². The van der Waals surface area contributed by atoms with Crippen molar-refractivity contribution in [1.29, 1.82) is 0 Å². The quantitative estimate of drug-likeness (QED) is 0.898. The molecule has 2 N–H and O–H groups in total. The van der Waals surface area contributed by atoms with E-state index in [9.17, 15) is 9.90 Å². The minimum atomic E-state index is -1.17. The fourth-order valence-electron chi connectivity index (χ4n) is 2.84. The zero-order valence-corrected chi connectivity index (χ0v) is 11.3. The number of fused-ring (bicyclic) bond motifs is 1. The van der Waals surface area contributed by atoms with Gasteiger partial charge in [-0.1, -0.05) is 24.3 Å². The molecule has 0 radical (unpaired) electrons. The van der Waals surface area contributed by atoms with Crippen molar-refractivity contribution >= 4 is 16.8 Å². The molecule has 1 aliphatic carbocycles. The summed E-state index contributed by atoms with van der Waals surface area (Å²) in [4.78, 5) is 16.5. The summed E-state index contributed by atoms with van der Waals surface area (Å²) in [5.41, 5.74) is 0.699. The van der Waals surface area contributed by atoms with Gasteiger partial charge < -0.3 is 10.4 Å². The highest BCUT2D eigenvalue weighted by Gasteiger charge is 2.38. The number of nitrogens with zero attached hydrogens (tertiary/aromatic N) is 1. The van der Waals surface area contributed by atoms with Gasteiger partial charge in [-0.15, -0.1) is 0 Å². The summed E-state index contributed by atoms with van der Waals surface area (Å²) in [5, 5.41) is 14.1. The molecule has 1 aliphatic rings. The standard InChI is InChI=1S/C16H18N2O2/c19-15(16(20)8-1-2-9-16)18-11-13-6-3-5-12-7-4-10-17-14(12)13/h3-7,10,20H,1-2,8-9,11H2,(H,18,19). The van der Waals surface area contributed by atoms with Crippen LogP contribution in [-0.4, -0.2) is 21.6 Å². The first-order valence-electron chi connectivity index (χ1n) is 7.02. The van der Waals surface area contributed by atoms with Crippen LogP contribution in [-0.2, 0) is 11.3 Å². The van der Waals surface area contributed by atoms with Crippen molar-refractivity contribution in [1.82, 2.24) is 10.3 Å². The van der Waals surface area contributed by atoms with Crippen LogP contribution in [0.3, 0.4) is 0 Å². The Labute approximate surface area is 117 Å². The average molecular weight is 270 g/mol. The third-order valence-electron chi connectivity index (χ3n) is 4.01. The predicted molar refractivity (Wildman–Crippen MR) is 77.0 cm³/mol. The number of hydrogen-bond donors (Lipinski definition) is 2. The van der Waals surface area contributed by atoms with Gasteiger partial charge in [0.2, 0.25) is 0 Å². The Balaban J connectivity index is 1.76. The molecule has 2 aromatic rings. The summed E-state index contributed by atoms with van der Waals surface area (Å²) in [5.74, 6) is -0.261. The van der Waals surface area contributed by atoms with Crippen LogP contribution in [0.2, 0.25) is 0 Å². The van der Waals surface area contributed by atoms with Crippen LogP contribution in [0.25, 0.3) is 10.9 Å². The van der Waals surface area contributed by atoms with Crippen LogP contribution in [0.15, 0.2) is 36.5 Å². The molecule has 3 rings (SSSR count). The molecule has 0 aliphatic heterocycles.